The Morgan fingerprint density at radius 3 is 2.91 bits per heavy atom. The molecule has 23 heavy (non-hydrogen) atoms. The first kappa shape index (κ1) is 14.8. The van der Waals surface area contributed by atoms with Gasteiger partial charge in [0.15, 0.2) is 11.5 Å². The molecule has 3 rings (SSSR count). The fourth-order valence-electron chi connectivity index (χ4n) is 2.24. The molecule has 0 spiro atoms. The number of nitrogens with two attached hydrogens (primary N) is 1. The number of hydrogen-bond acceptors (Lipinski definition) is 5. The van der Waals surface area contributed by atoms with Crippen molar-refractivity contribution in [2.45, 2.75) is 20.4 Å². The van der Waals surface area contributed by atoms with E-state index in [0.717, 1.165) is 16.8 Å². The molecule has 0 atom stereocenters. The van der Waals surface area contributed by atoms with E-state index in [1.165, 1.54) is 4.68 Å². The number of furan rings is 1. The Labute approximate surface area is 133 Å². The van der Waals surface area contributed by atoms with Crippen LogP contribution in [0.15, 0.2) is 41.0 Å². The third kappa shape index (κ3) is 2.94. The smallest absolute Gasteiger partial charge is 0.276 e. The molecule has 7 nitrogen and oxygen atoms in total. The minimum Gasteiger partial charge on any atom is -0.467 e. The highest BCUT2D eigenvalue weighted by Crippen LogP contribution is 2.19. The molecule has 0 radical (unpaired) electrons. The van der Waals surface area contributed by atoms with Crippen LogP contribution in [0.1, 0.15) is 27.4 Å². The van der Waals surface area contributed by atoms with E-state index in [9.17, 15) is 4.79 Å². The van der Waals surface area contributed by atoms with Crippen LogP contribution in [-0.2, 0) is 6.54 Å². The van der Waals surface area contributed by atoms with Crippen molar-refractivity contribution in [1.29, 1.82) is 0 Å². The molecular formula is C16H17N5O2. The lowest BCUT2D eigenvalue weighted by atomic mass is 10.1. The molecule has 0 fully saturated rings. The van der Waals surface area contributed by atoms with Gasteiger partial charge in [0.05, 0.1) is 18.5 Å². The maximum absolute atomic E-state index is 12.2. The van der Waals surface area contributed by atoms with Crippen LogP contribution >= 0.6 is 0 Å². The second-order valence-electron chi connectivity index (χ2n) is 5.29. The van der Waals surface area contributed by atoms with Crippen molar-refractivity contribution in [2.24, 2.45) is 0 Å². The number of carbonyl (C=O) groups excluding carboxylic acids is 1. The van der Waals surface area contributed by atoms with Crippen molar-refractivity contribution in [3.05, 3.63) is 59.2 Å². The molecule has 0 saturated carbocycles. The molecule has 3 aromatic rings. The molecule has 1 amide bonds. The summed E-state index contributed by atoms with van der Waals surface area (Å²) in [5.41, 5.74) is 9.03. The number of aryl methyl sites for hydroxylation is 2. The summed E-state index contributed by atoms with van der Waals surface area (Å²) in [6, 6.07) is 9.46. The van der Waals surface area contributed by atoms with Crippen LogP contribution in [0.4, 0.5) is 5.82 Å². The maximum Gasteiger partial charge on any atom is 0.276 e. The zero-order valence-corrected chi connectivity index (χ0v) is 12.9. The van der Waals surface area contributed by atoms with E-state index in [4.69, 9.17) is 10.2 Å². The molecule has 2 aromatic heterocycles. The van der Waals surface area contributed by atoms with E-state index >= 15 is 0 Å². The van der Waals surface area contributed by atoms with E-state index in [1.54, 1.807) is 18.4 Å². The third-order valence-electron chi connectivity index (χ3n) is 3.52. The van der Waals surface area contributed by atoms with Gasteiger partial charge in [-0.15, -0.1) is 5.10 Å². The number of carbonyl (C=O) groups is 1. The maximum atomic E-state index is 12.2. The summed E-state index contributed by atoms with van der Waals surface area (Å²) in [6.45, 7) is 4.20. The predicted molar refractivity (Wildman–Crippen MR) is 85.1 cm³/mol. The van der Waals surface area contributed by atoms with Crippen LogP contribution in [0, 0.1) is 13.8 Å². The molecule has 0 saturated heterocycles. The van der Waals surface area contributed by atoms with Gasteiger partial charge in [-0.1, -0.05) is 17.3 Å². The SMILES string of the molecule is Cc1ccc(C)c(-n2nnc(C(=O)NCc3ccco3)c2N)c1. The first-order valence-corrected chi connectivity index (χ1v) is 7.15. The van der Waals surface area contributed by atoms with Crippen LogP contribution in [0.2, 0.25) is 0 Å². The zero-order valence-electron chi connectivity index (χ0n) is 12.9. The number of aromatic nitrogens is 3. The fourth-order valence-corrected chi connectivity index (χ4v) is 2.24. The van der Waals surface area contributed by atoms with Gasteiger partial charge in [-0.3, -0.25) is 4.79 Å². The lowest BCUT2D eigenvalue weighted by Crippen LogP contribution is -2.24. The number of nitrogens with zero attached hydrogens (tertiary/aromatic N) is 3. The van der Waals surface area contributed by atoms with Crippen molar-refractivity contribution in [2.75, 3.05) is 5.73 Å². The van der Waals surface area contributed by atoms with Crippen molar-refractivity contribution in [1.82, 2.24) is 20.3 Å². The topological polar surface area (TPSA) is 99.0 Å². The normalized spacial score (nSPS) is 10.7. The van der Waals surface area contributed by atoms with Crippen molar-refractivity contribution >= 4 is 11.7 Å². The number of nitrogen functional groups attached to an aromatic ring is 1. The van der Waals surface area contributed by atoms with Gasteiger partial charge in [-0.2, -0.15) is 4.68 Å². The van der Waals surface area contributed by atoms with Gasteiger partial charge in [-0.25, -0.2) is 0 Å². The highest BCUT2D eigenvalue weighted by Gasteiger charge is 2.19. The largest absolute Gasteiger partial charge is 0.467 e. The molecule has 0 unspecified atom stereocenters. The lowest BCUT2D eigenvalue weighted by molar-refractivity contribution is 0.0944. The van der Waals surface area contributed by atoms with E-state index < -0.39 is 5.91 Å². The molecule has 0 aliphatic rings. The van der Waals surface area contributed by atoms with Crippen LogP contribution in [0.5, 0.6) is 0 Å². The van der Waals surface area contributed by atoms with Gasteiger partial charge in [0.1, 0.15) is 5.76 Å². The Balaban J connectivity index is 1.84. The molecule has 7 heteroatoms. The minimum absolute atomic E-state index is 0.0949. The van der Waals surface area contributed by atoms with Crippen molar-refractivity contribution in [3.63, 3.8) is 0 Å². The summed E-state index contributed by atoms with van der Waals surface area (Å²) >= 11 is 0. The minimum atomic E-state index is -0.393. The standard InChI is InChI=1S/C16H17N5O2/c1-10-5-6-11(2)13(8-10)21-15(17)14(19-20-21)16(22)18-9-12-4-3-7-23-12/h3-8H,9,17H2,1-2H3,(H,18,22). The second-order valence-corrected chi connectivity index (χ2v) is 5.29. The molecule has 0 aliphatic heterocycles. The lowest BCUT2D eigenvalue weighted by Gasteiger charge is -2.08. The van der Waals surface area contributed by atoms with Crippen LogP contribution in [0.25, 0.3) is 5.69 Å². The number of amides is 1. The molecule has 3 N–H and O–H groups in total. The predicted octanol–water partition coefficient (Wildman–Crippen LogP) is 1.99. The molecule has 0 bridgehead atoms. The molecule has 2 heterocycles. The number of benzene rings is 1. The van der Waals surface area contributed by atoms with Gasteiger partial charge in [0.2, 0.25) is 0 Å². The average molecular weight is 311 g/mol. The Morgan fingerprint density at radius 1 is 1.35 bits per heavy atom. The van der Waals surface area contributed by atoms with Gasteiger partial charge in [0.25, 0.3) is 5.91 Å². The van der Waals surface area contributed by atoms with E-state index in [-0.39, 0.29) is 18.1 Å². The molecule has 118 valence electrons. The number of anilines is 1. The van der Waals surface area contributed by atoms with Gasteiger partial charge >= 0.3 is 0 Å². The number of rotatable bonds is 4. The third-order valence-corrected chi connectivity index (χ3v) is 3.52. The Hall–Kier alpha value is -3.09. The zero-order chi connectivity index (χ0) is 16.4. The van der Waals surface area contributed by atoms with Gasteiger partial charge in [-0.05, 0) is 43.2 Å². The molecule has 0 aliphatic carbocycles. The summed E-state index contributed by atoms with van der Waals surface area (Å²) in [7, 11) is 0. The highest BCUT2D eigenvalue weighted by molar-refractivity contribution is 5.96. The Morgan fingerprint density at radius 2 is 2.17 bits per heavy atom. The van der Waals surface area contributed by atoms with E-state index in [0.29, 0.717) is 5.76 Å². The fraction of sp³-hybridized carbons (Fsp3) is 0.188. The Kier molecular flexibility index (Phi) is 3.84. The van der Waals surface area contributed by atoms with Crippen LogP contribution in [0.3, 0.4) is 0 Å². The first-order chi connectivity index (χ1) is 11.1. The van der Waals surface area contributed by atoms with Gasteiger partial charge in [0, 0.05) is 0 Å². The second kappa shape index (κ2) is 5.96. The number of hydrogen-bond donors (Lipinski definition) is 2. The van der Waals surface area contributed by atoms with E-state index in [1.807, 2.05) is 32.0 Å². The quantitative estimate of drug-likeness (QED) is 0.767. The van der Waals surface area contributed by atoms with E-state index in [2.05, 4.69) is 15.6 Å². The summed E-state index contributed by atoms with van der Waals surface area (Å²) in [6.07, 6.45) is 1.55. The molecular weight excluding hydrogens is 294 g/mol. The number of nitrogens with one attached hydrogen (secondary N) is 1. The van der Waals surface area contributed by atoms with Gasteiger partial charge < -0.3 is 15.5 Å². The molecule has 1 aromatic carbocycles. The summed E-state index contributed by atoms with van der Waals surface area (Å²) in [4.78, 5) is 12.2. The average Bonchev–Trinajstić information content (AvgIpc) is 3.17. The summed E-state index contributed by atoms with van der Waals surface area (Å²) in [5.74, 6) is 0.463. The van der Waals surface area contributed by atoms with Crippen molar-refractivity contribution < 1.29 is 9.21 Å². The first-order valence-electron chi connectivity index (χ1n) is 7.15. The summed E-state index contributed by atoms with van der Waals surface area (Å²) < 4.78 is 6.64. The highest BCUT2D eigenvalue weighted by atomic mass is 16.3. The van der Waals surface area contributed by atoms with Crippen LogP contribution < -0.4 is 11.1 Å². The van der Waals surface area contributed by atoms with Crippen LogP contribution in [-0.4, -0.2) is 20.9 Å². The monoisotopic (exact) mass is 311 g/mol. The summed E-state index contributed by atoms with van der Waals surface area (Å²) in [5, 5.41) is 10.6. The Bertz CT molecular complexity index is 836. The van der Waals surface area contributed by atoms with Crippen molar-refractivity contribution in [3.8, 4) is 5.69 Å².